The van der Waals surface area contributed by atoms with E-state index in [2.05, 4.69) is 5.32 Å². The second-order valence-corrected chi connectivity index (χ2v) is 6.43. The molecule has 1 heterocycles. The molecular weight excluding hydrogens is 300 g/mol. The average molecular weight is 314 g/mol. The molecule has 3 N–H and O–H groups in total. The highest BCUT2D eigenvalue weighted by Gasteiger charge is 2.38. The van der Waals surface area contributed by atoms with Gasteiger partial charge in [-0.15, -0.1) is 0 Å². The molecule has 0 radical (unpaired) electrons. The molecule has 1 aromatic carbocycles. The van der Waals surface area contributed by atoms with Crippen LogP contribution >= 0.6 is 0 Å². The number of nitro groups is 1. The number of amides is 1. The van der Waals surface area contributed by atoms with Crippen molar-refractivity contribution in [2.75, 3.05) is 18.8 Å². The maximum absolute atomic E-state index is 12.6. The first kappa shape index (κ1) is 15.2. The molecule has 9 nitrogen and oxygen atoms in total. The number of nitrogens with zero attached hydrogens (tertiary/aromatic N) is 2. The third-order valence-electron chi connectivity index (χ3n) is 3.21. The van der Waals surface area contributed by atoms with Gasteiger partial charge in [0.15, 0.2) is 4.90 Å². The topological polar surface area (TPSA) is 136 Å². The Balaban J connectivity index is 2.56. The molecule has 1 saturated heterocycles. The monoisotopic (exact) mass is 314 g/mol. The van der Waals surface area contributed by atoms with Crippen molar-refractivity contribution in [3.63, 3.8) is 0 Å². The lowest BCUT2D eigenvalue weighted by molar-refractivity contribution is -0.387. The van der Waals surface area contributed by atoms with E-state index in [1.165, 1.54) is 13.0 Å². The van der Waals surface area contributed by atoms with E-state index in [-0.39, 0.29) is 18.8 Å². The van der Waals surface area contributed by atoms with Gasteiger partial charge < -0.3 is 11.1 Å². The van der Waals surface area contributed by atoms with E-state index in [0.717, 1.165) is 16.4 Å². The number of hydrogen-bond donors (Lipinski definition) is 2. The first-order valence-corrected chi connectivity index (χ1v) is 7.52. The van der Waals surface area contributed by atoms with E-state index in [4.69, 9.17) is 5.73 Å². The Labute approximate surface area is 120 Å². The van der Waals surface area contributed by atoms with Crippen LogP contribution in [0, 0.1) is 10.1 Å². The average Bonchev–Trinajstić information content (AvgIpc) is 2.41. The number of nitro benzene ring substituents is 1. The van der Waals surface area contributed by atoms with E-state index in [1.54, 1.807) is 0 Å². The van der Waals surface area contributed by atoms with Crippen LogP contribution < -0.4 is 11.1 Å². The standard InChI is InChI=1S/C11H14N4O5S/c1-7-11(16)13-4-5-14(7)21(19,20)10-6-8(12)2-3-9(10)15(17)18/h2-3,6-7H,4-5,12H2,1H3,(H,13,16). The molecule has 1 aliphatic heterocycles. The van der Waals surface area contributed by atoms with E-state index < -0.39 is 37.5 Å². The maximum atomic E-state index is 12.6. The zero-order valence-corrected chi connectivity index (χ0v) is 12.0. The predicted octanol–water partition coefficient (Wildman–Crippen LogP) is -0.314. The van der Waals surface area contributed by atoms with Crippen molar-refractivity contribution in [1.29, 1.82) is 0 Å². The van der Waals surface area contributed by atoms with Gasteiger partial charge in [-0.1, -0.05) is 0 Å². The van der Waals surface area contributed by atoms with E-state index >= 15 is 0 Å². The molecule has 1 aromatic rings. The SMILES string of the molecule is CC1C(=O)NCCN1S(=O)(=O)c1cc(N)ccc1[N+](=O)[O-]. The van der Waals surface area contributed by atoms with E-state index in [0.29, 0.717) is 0 Å². The Morgan fingerprint density at radius 3 is 2.76 bits per heavy atom. The lowest BCUT2D eigenvalue weighted by Gasteiger charge is -2.31. The molecule has 1 fully saturated rings. The largest absolute Gasteiger partial charge is 0.399 e. The van der Waals surface area contributed by atoms with Crippen LogP contribution in [0.2, 0.25) is 0 Å². The zero-order chi connectivity index (χ0) is 15.8. The summed E-state index contributed by atoms with van der Waals surface area (Å²) in [6.07, 6.45) is 0. The summed E-state index contributed by atoms with van der Waals surface area (Å²) < 4.78 is 26.2. The van der Waals surface area contributed by atoms with Gasteiger partial charge in [0.05, 0.1) is 4.92 Å². The summed E-state index contributed by atoms with van der Waals surface area (Å²) in [7, 11) is -4.19. The van der Waals surface area contributed by atoms with Crippen molar-refractivity contribution < 1.29 is 18.1 Å². The zero-order valence-electron chi connectivity index (χ0n) is 11.1. The number of benzene rings is 1. The summed E-state index contributed by atoms with van der Waals surface area (Å²) in [5, 5.41) is 13.5. The van der Waals surface area contributed by atoms with E-state index in [9.17, 15) is 23.3 Å². The number of nitrogen functional groups attached to an aromatic ring is 1. The number of carbonyl (C=O) groups is 1. The highest BCUT2D eigenvalue weighted by molar-refractivity contribution is 7.89. The molecule has 10 heteroatoms. The molecule has 1 unspecified atom stereocenters. The van der Waals surface area contributed by atoms with Crippen LogP contribution in [0.5, 0.6) is 0 Å². The lowest BCUT2D eigenvalue weighted by Crippen LogP contribution is -2.55. The number of nitrogens with two attached hydrogens (primary N) is 1. The summed E-state index contributed by atoms with van der Waals surface area (Å²) in [6, 6.07) is 2.39. The molecule has 2 rings (SSSR count). The highest BCUT2D eigenvalue weighted by Crippen LogP contribution is 2.30. The molecular formula is C11H14N4O5S. The fourth-order valence-electron chi connectivity index (χ4n) is 2.10. The number of sulfonamides is 1. The number of nitrogens with one attached hydrogen (secondary N) is 1. The van der Waals surface area contributed by atoms with Gasteiger partial charge in [0.1, 0.15) is 6.04 Å². The fourth-order valence-corrected chi connectivity index (χ4v) is 3.89. The lowest BCUT2D eigenvalue weighted by atomic mass is 10.2. The minimum atomic E-state index is -4.19. The first-order valence-electron chi connectivity index (χ1n) is 6.08. The number of anilines is 1. The van der Waals surface area contributed by atoms with Crippen molar-refractivity contribution in [2.24, 2.45) is 0 Å². The molecule has 1 aliphatic rings. The molecule has 0 aliphatic carbocycles. The number of piperazine rings is 1. The molecule has 114 valence electrons. The summed E-state index contributed by atoms with van der Waals surface area (Å²) >= 11 is 0. The van der Waals surface area contributed by atoms with Gasteiger partial charge in [-0.2, -0.15) is 4.31 Å². The summed E-state index contributed by atoms with van der Waals surface area (Å²) in [6.45, 7) is 1.61. The van der Waals surface area contributed by atoms with Crippen molar-refractivity contribution in [2.45, 2.75) is 17.9 Å². The summed E-state index contributed by atoms with van der Waals surface area (Å²) in [5.74, 6) is -0.448. The van der Waals surface area contributed by atoms with Crippen LogP contribution in [0.25, 0.3) is 0 Å². The van der Waals surface area contributed by atoms with Crippen molar-refractivity contribution >= 4 is 27.3 Å². The molecule has 0 saturated carbocycles. The van der Waals surface area contributed by atoms with Gasteiger partial charge in [0, 0.05) is 24.8 Å². The van der Waals surface area contributed by atoms with Crippen molar-refractivity contribution in [3.8, 4) is 0 Å². The smallest absolute Gasteiger partial charge is 0.289 e. The second-order valence-electron chi connectivity index (χ2n) is 4.57. The van der Waals surface area contributed by atoms with Crippen LogP contribution in [-0.2, 0) is 14.8 Å². The van der Waals surface area contributed by atoms with Crippen LogP contribution in [0.1, 0.15) is 6.92 Å². The minimum Gasteiger partial charge on any atom is -0.399 e. The van der Waals surface area contributed by atoms with Crippen LogP contribution in [0.4, 0.5) is 11.4 Å². The van der Waals surface area contributed by atoms with Crippen molar-refractivity contribution in [1.82, 2.24) is 9.62 Å². The number of hydrogen-bond acceptors (Lipinski definition) is 6. The highest BCUT2D eigenvalue weighted by atomic mass is 32.2. The molecule has 1 atom stereocenters. The molecule has 0 aromatic heterocycles. The Kier molecular flexibility index (Phi) is 3.83. The number of rotatable bonds is 3. The van der Waals surface area contributed by atoms with Crippen LogP contribution in [-0.4, -0.2) is 42.7 Å². The summed E-state index contributed by atoms with van der Waals surface area (Å²) in [4.78, 5) is 21.3. The quantitative estimate of drug-likeness (QED) is 0.446. The fraction of sp³-hybridized carbons (Fsp3) is 0.364. The maximum Gasteiger partial charge on any atom is 0.289 e. The second kappa shape index (κ2) is 5.30. The molecule has 0 bridgehead atoms. The molecule has 0 spiro atoms. The third kappa shape index (κ3) is 2.67. The van der Waals surface area contributed by atoms with Crippen LogP contribution in [0.3, 0.4) is 0 Å². The normalized spacial score (nSPS) is 20.0. The molecule has 1 amide bonds. The van der Waals surface area contributed by atoms with Gasteiger partial charge in [0.25, 0.3) is 15.7 Å². The first-order chi connectivity index (χ1) is 9.75. The Morgan fingerprint density at radius 2 is 2.14 bits per heavy atom. The summed E-state index contributed by atoms with van der Waals surface area (Å²) in [5.41, 5.74) is 5.05. The minimum absolute atomic E-state index is 0.0429. The van der Waals surface area contributed by atoms with Gasteiger partial charge in [-0.25, -0.2) is 8.42 Å². The van der Waals surface area contributed by atoms with Crippen LogP contribution in [0.15, 0.2) is 23.1 Å². The Bertz CT molecular complexity index is 703. The van der Waals surface area contributed by atoms with Gasteiger partial charge in [0.2, 0.25) is 5.91 Å². The van der Waals surface area contributed by atoms with Crippen molar-refractivity contribution in [3.05, 3.63) is 28.3 Å². The van der Waals surface area contributed by atoms with Gasteiger partial charge >= 0.3 is 0 Å². The van der Waals surface area contributed by atoms with Gasteiger partial charge in [-0.3, -0.25) is 14.9 Å². The van der Waals surface area contributed by atoms with Gasteiger partial charge in [-0.05, 0) is 19.1 Å². The molecule has 21 heavy (non-hydrogen) atoms. The Hall–Kier alpha value is -2.20. The van der Waals surface area contributed by atoms with E-state index in [1.807, 2.05) is 0 Å². The predicted molar refractivity (Wildman–Crippen MR) is 73.9 cm³/mol. The Morgan fingerprint density at radius 1 is 1.48 bits per heavy atom. The third-order valence-corrected chi connectivity index (χ3v) is 5.21. The number of carbonyl (C=O) groups excluding carboxylic acids is 1.